The first-order valence-electron chi connectivity index (χ1n) is 15.9. The summed E-state index contributed by atoms with van der Waals surface area (Å²) in [5.41, 5.74) is 2.13. The Bertz CT molecular complexity index is 1810. The summed E-state index contributed by atoms with van der Waals surface area (Å²) in [6.07, 6.45) is 5.58. The van der Waals surface area contributed by atoms with Gasteiger partial charge in [0.15, 0.2) is 11.5 Å². The summed E-state index contributed by atoms with van der Waals surface area (Å²) in [5.74, 6) is -0.397. The third kappa shape index (κ3) is 7.54. The summed E-state index contributed by atoms with van der Waals surface area (Å²) in [6.45, 7) is 2.77. The third-order valence-corrected chi connectivity index (χ3v) is 9.98. The number of aromatic carboxylic acids is 1. The van der Waals surface area contributed by atoms with Gasteiger partial charge in [-0.3, -0.25) is 15.0 Å². The van der Waals surface area contributed by atoms with Gasteiger partial charge in [0, 0.05) is 34.5 Å². The number of halogens is 2. The molecule has 3 aliphatic heterocycles. The molecule has 7 rings (SSSR count). The first-order valence-corrected chi connectivity index (χ1v) is 16.7. The minimum atomic E-state index is -1.38. The first-order chi connectivity index (χ1) is 23.6. The lowest BCUT2D eigenvalue weighted by Crippen LogP contribution is -2.53. The molecule has 13 heteroatoms. The second kappa shape index (κ2) is 14.9. The van der Waals surface area contributed by atoms with Gasteiger partial charge in [-0.1, -0.05) is 53.5 Å². The summed E-state index contributed by atoms with van der Waals surface area (Å²) in [5, 5.41) is 23.0. The van der Waals surface area contributed by atoms with Crippen LogP contribution in [0.25, 0.3) is 0 Å². The molecule has 4 aromatic rings. The van der Waals surface area contributed by atoms with E-state index in [9.17, 15) is 19.9 Å². The number of fused-ring (bicyclic) bond motifs is 3. The van der Waals surface area contributed by atoms with E-state index >= 15 is 0 Å². The molecule has 0 unspecified atom stereocenters. The maximum atomic E-state index is 13.8. The van der Waals surface area contributed by atoms with E-state index in [2.05, 4.69) is 9.88 Å². The summed E-state index contributed by atoms with van der Waals surface area (Å²) in [4.78, 5) is 34.7. The zero-order chi connectivity index (χ0) is 34.7. The number of ether oxygens (including phenoxy) is 3. The molecule has 256 valence electrons. The highest BCUT2D eigenvalue weighted by Gasteiger charge is 2.37. The number of carboxylic acid groups (broad SMARTS) is 1. The number of anilines is 1. The Morgan fingerprint density at radius 2 is 1.78 bits per heavy atom. The number of hydrogen-bond donors (Lipinski definition) is 1. The molecule has 49 heavy (non-hydrogen) atoms. The van der Waals surface area contributed by atoms with Crippen molar-refractivity contribution in [1.29, 1.82) is 0 Å². The van der Waals surface area contributed by atoms with Crippen molar-refractivity contribution in [3.8, 4) is 11.5 Å². The number of pyridine rings is 2. The average Bonchev–Trinajstić information content (AvgIpc) is 3.10. The zero-order valence-corrected chi connectivity index (χ0v) is 28.6. The van der Waals surface area contributed by atoms with Crippen LogP contribution in [0.2, 0.25) is 10.0 Å². The van der Waals surface area contributed by atoms with Crippen molar-refractivity contribution in [2.75, 3.05) is 38.8 Å². The van der Waals surface area contributed by atoms with Crippen molar-refractivity contribution in [3.63, 3.8) is 0 Å². The fourth-order valence-electron chi connectivity index (χ4n) is 6.77. The van der Waals surface area contributed by atoms with Gasteiger partial charge in [-0.15, -0.1) is 0 Å². The van der Waals surface area contributed by atoms with Gasteiger partial charge in [0.2, 0.25) is 12.4 Å². The normalized spacial score (nSPS) is 18.8. The molecular formula is C36H36Cl2N4O7. The number of methoxy groups -OCH3 is 2. The summed E-state index contributed by atoms with van der Waals surface area (Å²) >= 11 is 13.1. The topological polar surface area (TPSA) is 128 Å². The molecule has 3 aliphatic rings. The van der Waals surface area contributed by atoms with Crippen LogP contribution in [0.3, 0.4) is 0 Å². The lowest BCUT2D eigenvalue weighted by molar-refractivity contribution is -0.904. The van der Waals surface area contributed by atoms with Crippen LogP contribution >= 0.6 is 23.2 Å². The van der Waals surface area contributed by atoms with E-state index in [-0.39, 0.29) is 34.7 Å². The molecule has 3 saturated heterocycles. The largest absolute Gasteiger partial charge is 0.545 e. The number of rotatable bonds is 11. The molecule has 1 N–H and O–H groups in total. The van der Waals surface area contributed by atoms with Crippen molar-refractivity contribution in [1.82, 2.24) is 9.88 Å². The Morgan fingerprint density at radius 3 is 2.39 bits per heavy atom. The zero-order valence-electron chi connectivity index (χ0n) is 27.1. The maximum absolute atomic E-state index is 13.8. The summed E-state index contributed by atoms with van der Waals surface area (Å²) in [7, 11) is 3.03. The number of nitrogens with zero attached hydrogens (tertiary/aromatic N) is 4. The molecule has 1 amide bonds. The Hall–Kier alpha value is -4.58. The number of benzene rings is 2. The maximum Gasteiger partial charge on any atom is 0.416 e. The van der Waals surface area contributed by atoms with Gasteiger partial charge in [0.05, 0.1) is 26.7 Å². The average molecular weight is 708 g/mol. The third-order valence-electron chi connectivity index (χ3n) is 9.33. The van der Waals surface area contributed by atoms with Crippen LogP contribution < -0.4 is 24.2 Å². The second-order valence-corrected chi connectivity index (χ2v) is 13.0. The Balaban J connectivity index is 1.41. The van der Waals surface area contributed by atoms with E-state index in [0.29, 0.717) is 52.0 Å². The molecule has 3 fully saturated rings. The van der Waals surface area contributed by atoms with E-state index in [1.807, 2.05) is 0 Å². The number of piperidine rings is 3. The highest BCUT2D eigenvalue weighted by atomic mass is 35.5. The van der Waals surface area contributed by atoms with E-state index in [1.54, 1.807) is 54.7 Å². The number of carboxylic acids is 1. The SMILES string of the molecule is COc1ccc([C@H](Cc2c(Cl)c[n+](O)cc2Cl)c2cc(CN(C(=O)O[C@H]3CN4CCC3CC4)c3ccccn3)ccc2C(=O)[O-])cc1OC. The molecular weight excluding hydrogens is 671 g/mol. The highest BCUT2D eigenvalue weighted by Crippen LogP contribution is 2.39. The molecule has 2 aromatic carbocycles. The van der Waals surface area contributed by atoms with Crippen LogP contribution in [0.5, 0.6) is 11.5 Å². The van der Waals surface area contributed by atoms with Gasteiger partial charge >= 0.3 is 6.09 Å². The van der Waals surface area contributed by atoms with Gasteiger partial charge < -0.3 is 24.1 Å². The molecule has 0 spiro atoms. The highest BCUT2D eigenvalue weighted by molar-refractivity contribution is 6.35. The minimum Gasteiger partial charge on any atom is -0.545 e. The van der Waals surface area contributed by atoms with Gasteiger partial charge in [-0.05, 0) is 79.2 Å². The van der Waals surface area contributed by atoms with Crippen molar-refractivity contribution in [2.45, 2.75) is 37.8 Å². The predicted molar refractivity (Wildman–Crippen MR) is 180 cm³/mol. The molecule has 2 atom stereocenters. The standard InChI is InChI=1S/C36H36Cl2N4O7/c1-47-31-9-7-24(16-32(31)48-2)26(17-28-29(37)19-41(46)20-30(28)38)27-15-22(6-8-25(27)35(43)44)18-42(34-5-3-4-12-39-34)36(45)49-33-21-40-13-10-23(33)11-14-40/h3-9,12,15-16,19-20,23,26,33H,10-11,13-14,17-18,21H2,1-2H3,(H-,43,44,46)/t26-,33-/m0/s1. The fourth-order valence-corrected chi connectivity index (χ4v) is 7.38. The number of amides is 1. The predicted octanol–water partition coefficient (Wildman–Crippen LogP) is 4.91. The van der Waals surface area contributed by atoms with Crippen LogP contribution in [0, 0.1) is 5.92 Å². The van der Waals surface area contributed by atoms with Crippen molar-refractivity contribution >= 4 is 41.1 Å². The van der Waals surface area contributed by atoms with Crippen LogP contribution in [-0.4, -0.2) is 67.1 Å². The van der Waals surface area contributed by atoms with Crippen molar-refractivity contribution < 1.29 is 38.8 Å². The van der Waals surface area contributed by atoms with E-state index in [0.717, 1.165) is 30.7 Å². The Morgan fingerprint density at radius 1 is 1.04 bits per heavy atom. The molecule has 11 nitrogen and oxygen atoms in total. The van der Waals surface area contributed by atoms with Crippen LogP contribution in [-0.2, 0) is 17.7 Å². The van der Waals surface area contributed by atoms with E-state index < -0.39 is 18.0 Å². The number of aromatic nitrogens is 2. The second-order valence-electron chi connectivity index (χ2n) is 12.2. The van der Waals surface area contributed by atoms with Gasteiger partial charge in [-0.25, -0.2) is 9.78 Å². The van der Waals surface area contributed by atoms with Crippen LogP contribution in [0.15, 0.2) is 73.2 Å². The monoisotopic (exact) mass is 706 g/mol. The molecule has 2 aromatic heterocycles. The van der Waals surface area contributed by atoms with E-state index in [4.69, 9.17) is 37.4 Å². The molecule has 5 heterocycles. The fraction of sp³-hybridized carbons (Fsp3) is 0.333. The van der Waals surface area contributed by atoms with Crippen LogP contribution in [0.4, 0.5) is 10.6 Å². The smallest absolute Gasteiger partial charge is 0.416 e. The Labute approximate surface area is 294 Å². The molecule has 0 radical (unpaired) electrons. The molecule has 0 saturated carbocycles. The first kappa shape index (κ1) is 34.3. The van der Waals surface area contributed by atoms with Gasteiger partial charge in [0.25, 0.3) is 0 Å². The van der Waals surface area contributed by atoms with E-state index in [1.165, 1.54) is 37.6 Å². The van der Waals surface area contributed by atoms with Crippen molar-refractivity contribution in [3.05, 3.63) is 111 Å². The Kier molecular flexibility index (Phi) is 10.4. The number of hydrogen-bond acceptors (Lipinski definition) is 9. The van der Waals surface area contributed by atoms with Gasteiger partial charge in [0.1, 0.15) is 22.0 Å². The van der Waals surface area contributed by atoms with Gasteiger partial charge in [-0.2, -0.15) is 0 Å². The number of carbonyl (C=O) groups is 2. The minimum absolute atomic E-state index is 0.0489. The lowest BCUT2D eigenvalue weighted by Gasteiger charge is -2.44. The summed E-state index contributed by atoms with van der Waals surface area (Å²) < 4.78 is 17.9. The quantitative estimate of drug-likeness (QED) is 0.171. The van der Waals surface area contributed by atoms with Crippen LogP contribution in [0.1, 0.15) is 51.4 Å². The molecule has 0 aliphatic carbocycles. The lowest BCUT2D eigenvalue weighted by atomic mass is 9.82. The number of carbonyl (C=O) groups excluding carboxylic acids is 2. The van der Waals surface area contributed by atoms with Crippen molar-refractivity contribution in [2.24, 2.45) is 5.92 Å². The molecule has 2 bridgehead atoms. The summed E-state index contributed by atoms with van der Waals surface area (Å²) in [6, 6.07) is 15.4.